The summed E-state index contributed by atoms with van der Waals surface area (Å²) in [6.45, 7) is -0.506. The van der Waals surface area contributed by atoms with E-state index in [-0.39, 0.29) is 54.0 Å². The van der Waals surface area contributed by atoms with Crippen LogP contribution in [0.25, 0.3) is 0 Å². The topological polar surface area (TPSA) is 112 Å². The van der Waals surface area contributed by atoms with Gasteiger partial charge in [0.2, 0.25) is 30.1 Å². The molecule has 0 saturated heterocycles. The van der Waals surface area contributed by atoms with Gasteiger partial charge in [0.1, 0.15) is 0 Å². The third-order valence-electron chi connectivity index (χ3n) is 13.6. The van der Waals surface area contributed by atoms with Crippen molar-refractivity contribution >= 4 is 102 Å². The van der Waals surface area contributed by atoms with Gasteiger partial charge >= 0.3 is 0 Å². The van der Waals surface area contributed by atoms with Crippen LogP contribution in [-0.4, -0.2) is 77.4 Å². The summed E-state index contributed by atoms with van der Waals surface area (Å²) in [5.74, 6) is 0. The number of hydrogen-bond acceptors (Lipinski definition) is 6. The molecule has 0 spiro atoms. The van der Waals surface area contributed by atoms with E-state index in [4.69, 9.17) is 0 Å². The van der Waals surface area contributed by atoms with Gasteiger partial charge in [-0.15, -0.1) is 0 Å². The summed E-state index contributed by atoms with van der Waals surface area (Å²) in [5.41, 5.74) is 0. The first kappa shape index (κ1) is 57.5. The monoisotopic (exact) mass is 1180 g/mol. The Morgan fingerprint density at radius 2 is 0.358 bits per heavy atom. The van der Waals surface area contributed by atoms with Gasteiger partial charge in [0.25, 0.3) is 0 Å². The summed E-state index contributed by atoms with van der Waals surface area (Å²) in [7, 11) is -15.4. The summed E-state index contributed by atoms with van der Waals surface area (Å²) in [6, 6.07) is 82.2. The molecule has 1 aliphatic rings. The van der Waals surface area contributed by atoms with Crippen LogP contribution in [0.2, 0.25) is 0 Å². The molecule has 1 heterocycles. The molecule has 0 saturated carbocycles. The summed E-state index contributed by atoms with van der Waals surface area (Å²) in [4.78, 5) is 0.286. The Hall–Kier alpha value is -6.78. The van der Waals surface area contributed by atoms with E-state index in [0.29, 0.717) is 0 Å². The number of rotatable bonds is 15. The maximum atomic E-state index is 14.8. The highest BCUT2D eigenvalue weighted by molar-refractivity contribution is 7.90. The summed E-state index contributed by atoms with van der Waals surface area (Å²) in [5, 5.41) is 9.75. The van der Waals surface area contributed by atoms with Crippen LogP contribution in [-0.2, 0) is 30.1 Å². The SMILES string of the molecule is O=S(=O)(c1ccc(P(c2ccccc2)c2ccccc2)cc1)N1C/C=C/CN(S(=O)(=O)c2ccc(P(c3ccccc3)c3ccccc3)cc2)C/C=C/CN(S(=O)(=O)c2ccc(P(c3ccccc3)c3ccccc3)cc2)C/C=C/C1. The molecular weight excluding hydrogens is 1120 g/mol. The van der Waals surface area contributed by atoms with E-state index >= 15 is 0 Å². The van der Waals surface area contributed by atoms with E-state index in [2.05, 4.69) is 72.8 Å². The standard InChI is InChI=1S/C66H60N3O6P3S3/c70-79(71,64-43-37-61(38-44-64)76(55-25-7-1-8-26-55)56-27-9-2-10-28-56)67-49-19-21-51-68(80(72,73)65-45-39-62(40-46-65)77(57-29-11-3-12-30-57)58-31-13-4-14-32-58)53-23-24-54-69(52-22-20-50-67)81(74,75)66-47-41-63(42-48-66)78(59-33-15-5-16-34-59)60-35-17-6-18-36-60/h1-48H,49-54H2/b21-19+,22-20+,24-23+. The molecule has 9 aromatic carbocycles. The zero-order valence-electron chi connectivity index (χ0n) is 44.3. The van der Waals surface area contributed by atoms with Crippen molar-refractivity contribution in [2.75, 3.05) is 39.3 Å². The smallest absolute Gasteiger partial charge is 0.207 e. The molecule has 9 aromatic rings. The van der Waals surface area contributed by atoms with Crippen LogP contribution in [0.5, 0.6) is 0 Å². The Bertz CT molecular complexity index is 3370. The van der Waals surface area contributed by atoms with Gasteiger partial charge in [0.15, 0.2) is 0 Å². The molecule has 0 unspecified atom stereocenters. The van der Waals surface area contributed by atoms with Gasteiger partial charge in [-0.05, 0) is 108 Å². The lowest BCUT2D eigenvalue weighted by Gasteiger charge is -2.22. The lowest BCUT2D eigenvalue weighted by atomic mass is 10.3. The van der Waals surface area contributed by atoms with Crippen molar-refractivity contribution in [3.05, 3.63) is 291 Å². The van der Waals surface area contributed by atoms with Gasteiger partial charge in [-0.2, -0.15) is 12.9 Å². The first-order chi connectivity index (χ1) is 39.5. The second kappa shape index (κ2) is 26.9. The predicted octanol–water partition coefficient (Wildman–Crippen LogP) is 9.02. The number of nitrogens with zero attached hydrogens (tertiary/aromatic N) is 3. The second-order valence-corrected chi connectivity index (χ2v) is 31.4. The van der Waals surface area contributed by atoms with Gasteiger partial charge in [0.05, 0.1) is 14.7 Å². The van der Waals surface area contributed by atoms with Crippen LogP contribution in [0.15, 0.2) is 306 Å². The van der Waals surface area contributed by atoms with Gasteiger partial charge in [-0.25, -0.2) is 25.3 Å². The first-order valence-corrected chi connectivity index (χ1v) is 34.8. The van der Waals surface area contributed by atoms with Crippen molar-refractivity contribution in [2.24, 2.45) is 0 Å². The van der Waals surface area contributed by atoms with Crippen molar-refractivity contribution in [1.29, 1.82) is 0 Å². The molecule has 408 valence electrons. The molecule has 0 aromatic heterocycles. The number of hydrogen-bond donors (Lipinski definition) is 0. The molecule has 0 fully saturated rings. The lowest BCUT2D eigenvalue weighted by Crippen LogP contribution is -2.33. The Balaban J connectivity index is 0.962. The lowest BCUT2D eigenvalue weighted by molar-refractivity contribution is 0.465. The average molecular weight is 1180 g/mol. The summed E-state index contributed by atoms with van der Waals surface area (Å²) < 4.78 is 92.6. The Labute approximate surface area is 481 Å². The van der Waals surface area contributed by atoms with Crippen molar-refractivity contribution in [1.82, 2.24) is 12.9 Å². The van der Waals surface area contributed by atoms with Crippen molar-refractivity contribution in [3.8, 4) is 0 Å². The first-order valence-electron chi connectivity index (χ1n) is 26.4. The van der Waals surface area contributed by atoms with Crippen molar-refractivity contribution in [3.63, 3.8) is 0 Å². The zero-order valence-corrected chi connectivity index (χ0v) is 49.4. The molecule has 0 atom stereocenters. The van der Waals surface area contributed by atoms with Crippen molar-refractivity contribution in [2.45, 2.75) is 14.7 Å². The maximum Gasteiger partial charge on any atom is 0.243 e. The van der Waals surface area contributed by atoms with E-state index in [1.807, 2.05) is 146 Å². The molecule has 0 aliphatic carbocycles. The zero-order chi connectivity index (χ0) is 56.1. The van der Waals surface area contributed by atoms with Crippen LogP contribution in [0.1, 0.15) is 0 Å². The maximum absolute atomic E-state index is 14.8. The summed E-state index contributed by atoms with van der Waals surface area (Å²) >= 11 is 0. The molecule has 81 heavy (non-hydrogen) atoms. The molecule has 9 nitrogen and oxygen atoms in total. The molecule has 0 bridgehead atoms. The normalized spacial score (nSPS) is 15.9. The highest BCUT2D eigenvalue weighted by atomic mass is 32.2. The van der Waals surface area contributed by atoms with E-state index in [1.54, 1.807) is 72.9 Å². The minimum absolute atomic E-state index is 0.0844. The Kier molecular flexibility index (Phi) is 19.1. The minimum atomic E-state index is -4.15. The van der Waals surface area contributed by atoms with E-state index < -0.39 is 53.8 Å². The van der Waals surface area contributed by atoms with Gasteiger partial charge in [-0.3, -0.25) is 0 Å². The minimum Gasteiger partial charge on any atom is -0.207 e. The second-order valence-electron chi connectivity index (χ2n) is 18.9. The average Bonchev–Trinajstić information content (AvgIpc) is 3.61. The predicted molar refractivity (Wildman–Crippen MR) is 339 cm³/mol. The molecular formula is C66H60N3O6P3S3. The third-order valence-corrected chi connectivity index (χ3v) is 26.5. The summed E-state index contributed by atoms with van der Waals surface area (Å²) in [6.07, 6.45) is 10.0. The molecule has 0 radical (unpaired) electrons. The van der Waals surface area contributed by atoms with Crippen molar-refractivity contribution < 1.29 is 25.3 Å². The Morgan fingerprint density at radius 3 is 0.519 bits per heavy atom. The van der Waals surface area contributed by atoms with E-state index in [0.717, 1.165) is 47.7 Å². The fraction of sp³-hybridized carbons (Fsp3) is 0.0909. The van der Waals surface area contributed by atoms with Crippen LogP contribution in [0.3, 0.4) is 0 Å². The molecule has 10 rings (SSSR count). The number of sulfonamides is 3. The molecule has 0 N–H and O–H groups in total. The fourth-order valence-corrected chi connectivity index (χ4v) is 20.4. The van der Waals surface area contributed by atoms with Gasteiger partial charge in [0, 0.05) is 39.3 Å². The highest BCUT2D eigenvalue weighted by Gasteiger charge is 2.29. The fourth-order valence-electron chi connectivity index (χ4n) is 9.52. The Morgan fingerprint density at radius 1 is 0.210 bits per heavy atom. The van der Waals surface area contributed by atoms with Crippen LogP contribution >= 0.6 is 23.8 Å². The van der Waals surface area contributed by atoms with Crippen LogP contribution in [0, 0.1) is 0 Å². The van der Waals surface area contributed by atoms with E-state index in [9.17, 15) is 25.3 Å². The van der Waals surface area contributed by atoms with Crippen LogP contribution < -0.4 is 47.7 Å². The molecule has 0 amide bonds. The highest BCUT2D eigenvalue weighted by Crippen LogP contribution is 2.36. The molecule has 1 aliphatic heterocycles. The molecule has 15 heteroatoms. The van der Waals surface area contributed by atoms with Gasteiger partial charge < -0.3 is 0 Å². The third kappa shape index (κ3) is 13.8. The quantitative estimate of drug-likeness (QED) is 0.0749. The van der Waals surface area contributed by atoms with Crippen LogP contribution in [0.4, 0.5) is 0 Å². The van der Waals surface area contributed by atoms with Gasteiger partial charge in [-0.1, -0.05) is 255 Å². The largest absolute Gasteiger partial charge is 0.243 e. The number of benzene rings is 9. The van der Waals surface area contributed by atoms with E-state index in [1.165, 1.54) is 12.9 Å².